The molecule has 1 aromatic rings. The first-order chi connectivity index (χ1) is 8.10. The van der Waals surface area contributed by atoms with Crippen LogP contribution in [0.25, 0.3) is 0 Å². The number of ether oxygens (including phenoxy) is 1. The van der Waals surface area contributed by atoms with Crippen molar-refractivity contribution in [2.24, 2.45) is 0 Å². The Morgan fingerprint density at radius 2 is 2.00 bits per heavy atom. The predicted molar refractivity (Wildman–Crippen MR) is 73.4 cm³/mol. The molecule has 1 aromatic carbocycles. The summed E-state index contributed by atoms with van der Waals surface area (Å²) in [6.45, 7) is 9.63. The second-order valence-electron chi connectivity index (χ2n) is 4.73. The normalized spacial score (nSPS) is 14.6. The molecular weight excluding hydrogens is 210 g/mol. The average Bonchev–Trinajstić information content (AvgIpc) is 2.33. The van der Waals surface area contributed by atoms with Gasteiger partial charge < -0.3 is 10.1 Å². The summed E-state index contributed by atoms with van der Waals surface area (Å²) < 4.78 is 5.50. The second kappa shape index (κ2) is 6.77. The highest BCUT2D eigenvalue weighted by molar-refractivity contribution is 5.33. The Labute approximate surface area is 105 Å². The van der Waals surface area contributed by atoms with Gasteiger partial charge in [0.2, 0.25) is 0 Å². The molecule has 96 valence electrons. The smallest absolute Gasteiger partial charge is 0.0737 e. The third-order valence-electron chi connectivity index (χ3n) is 3.23. The predicted octanol–water partition coefficient (Wildman–Crippen LogP) is 3.38. The molecule has 0 fully saturated rings. The lowest BCUT2D eigenvalue weighted by atomic mass is 9.95. The van der Waals surface area contributed by atoms with Gasteiger partial charge in [-0.2, -0.15) is 0 Å². The van der Waals surface area contributed by atoms with Gasteiger partial charge >= 0.3 is 0 Å². The first-order valence-electron chi connectivity index (χ1n) is 6.43. The van der Waals surface area contributed by atoms with E-state index in [1.165, 1.54) is 16.7 Å². The molecule has 2 heteroatoms. The van der Waals surface area contributed by atoms with E-state index in [1.54, 1.807) is 7.11 Å². The summed E-state index contributed by atoms with van der Waals surface area (Å²) in [5.74, 6) is 0. The topological polar surface area (TPSA) is 21.3 Å². The average molecular weight is 235 g/mol. The van der Waals surface area contributed by atoms with Crippen LogP contribution in [0.3, 0.4) is 0 Å². The van der Waals surface area contributed by atoms with Crippen LogP contribution in [-0.4, -0.2) is 19.8 Å². The molecule has 0 saturated heterocycles. The fraction of sp³-hybridized carbons (Fsp3) is 0.600. The third-order valence-corrected chi connectivity index (χ3v) is 3.23. The van der Waals surface area contributed by atoms with Crippen LogP contribution >= 0.6 is 0 Å². The van der Waals surface area contributed by atoms with Crippen LogP contribution in [0, 0.1) is 13.8 Å². The molecular formula is C15H25NO. The molecule has 0 radical (unpaired) electrons. The minimum Gasteiger partial charge on any atom is -0.380 e. The van der Waals surface area contributed by atoms with E-state index >= 15 is 0 Å². The first kappa shape index (κ1) is 14.2. The molecule has 2 nitrogen and oxygen atoms in total. The van der Waals surface area contributed by atoms with Crippen LogP contribution in [0.15, 0.2) is 18.2 Å². The van der Waals surface area contributed by atoms with Gasteiger partial charge in [0.15, 0.2) is 0 Å². The van der Waals surface area contributed by atoms with Crippen molar-refractivity contribution in [2.75, 3.05) is 13.7 Å². The van der Waals surface area contributed by atoms with Crippen LogP contribution < -0.4 is 5.32 Å². The minimum atomic E-state index is 0.182. The fourth-order valence-corrected chi connectivity index (χ4v) is 2.06. The van der Waals surface area contributed by atoms with E-state index in [4.69, 9.17) is 4.74 Å². The highest BCUT2D eigenvalue weighted by Gasteiger charge is 2.19. The number of hydrogen-bond donors (Lipinski definition) is 1. The van der Waals surface area contributed by atoms with Gasteiger partial charge in [-0.25, -0.2) is 0 Å². The number of aryl methyl sites for hydroxylation is 2. The summed E-state index contributed by atoms with van der Waals surface area (Å²) in [7, 11) is 1.77. The van der Waals surface area contributed by atoms with E-state index < -0.39 is 0 Å². The van der Waals surface area contributed by atoms with Gasteiger partial charge in [0.25, 0.3) is 0 Å². The maximum Gasteiger partial charge on any atom is 0.0737 e. The molecule has 0 bridgehead atoms. The van der Waals surface area contributed by atoms with E-state index in [0.29, 0.717) is 0 Å². The molecule has 0 spiro atoms. The van der Waals surface area contributed by atoms with Gasteiger partial charge in [0, 0.05) is 7.11 Å². The molecule has 17 heavy (non-hydrogen) atoms. The Hall–Kier alpha value is -0.860. The molecule has 0 aliphatic heterocycles. The largest absolute Gasteiger partial charge is 0.380 e. The summed E-state index contributed by atoms with van der Waals surface area (Å²) in [5.41, 5.74) is 3.98. The van der Waals surface area contributed by atoms with Crippen LogP contribution in [0.4, 0.5) is 0 Å². The molecule has 0 aliphatic rings. The summed E-state index contributed by atoms with van der Waals surface area (Å²) in [6, 6.07) is 6.89. The van der Waals surface area contributed by atoms with Crippen molar-refractivity contribution in [3.63, 3.8) is 0 Å². The Bertz CT molecular complexity index is 349. The van der Waals surface area contributed by atoms with Crippen LogP contribution in [0.2, 0.25) is 0 Å². The van der Waals surface area contributed by atoms with Crippen molar-refractivity contribution in [3.8, 4) is 0 Å². The lowest BCUT2D eigenvalue weighted by Gasteiger charge is -2.26. The van der Waals surface area contributed by atoms with Gasteiger partial charge in [-0.05, 0) is 44.9 Å². The maximum atomic E-state index is 5.50. The molecule has 2 unspecified atom stereocenters. The summed E-state index contributed by atoms with van der Waals surface area (Å²) in [5, 5.41) is 3.58. The third kappa shape index (κ3) is 3.83. The van der Waals surface area contributed by atoms with Crippen LogP contribution in [0.1, 0.15) is 43.0 Å². The molecule has 0 saturated carbocycles. The molecule has 2 atom stereocenters. The molecule has 0 aromatic heterocycles. The SMILES string of the molecule is CCCNC(c1cc(C)ccc1C)C(C)OC. The monoisotopic (exact) mass is 235 g/mol. The van der Waals surface area contributed by atoms with Crippen LogP contribution in [0.5, 0.6) is 0 Å². The zero-order valence-corrected chi connectivity index (χ0v) is 11.7. The Morgan fingerprint density at radius 1 is 1.29 bits per heavy atom. The first-order valence-corrected chi connectivity index (χ1v) is 6.43. The fourth-order valence-electron chi connectivity index (χ4n) is 2.06. The standard InChI is InChI=1S/C15H25NO/c1-6-9-16-15(13(4)17-5)14-10-11(2)7-8-12(14)3/h7-8,10,13,15-16H,6,9H2,1-5H3. The number of hydrogen-bond acceptors (Lipinski definition) is 2. The van der Waals surface area contributed by atoms with Crippen molar-refractivity contribution >= 4 is 0 Å². The number of nitrogens with one attached hydrogen (secondary N) is 1. The van der Waals surface area contributed by atoms with Gasteiger partial charge in [-0.15, -0.1) is 0 Å². The van der Waals surface area contributed by atoms with Crippen molar-refractivity contribution < 1.29 is 4.74 Å². The van der Waals surface area contributed by atoms with Crippen molar-refractivity contribution in [3.05, 3.63) is 34.9 Å². The maximum absolute atomic E-state index is 5.50. The number of rotatable bonds is 6. The van der Waals surface area contributed by atoms with Crippen molar-refractivity contribution in [1.29, 1.82) is 0 Å². The Kier molecular flexibility index (Phi) is 5.66. The lowest BCUT2D eigenvalue weighted by Crippen LogP contribution is -2.32. The summed E-state index contributed by atoms with van der Waals surface area (Å²) in [4.78, 5) is 0. The van der Waals surface area contributed by atoms with E-state index in [1.807, 2.05) is 0 Å². The van der Waals surface area contributed by atoms with Crippen LogP contribution in [-0.2, 0) is 4.74 Å². The van der Waals surface area contributed by atoms with Crippen molar-refractivity contribution in [2.45, 2.75) is 46.3 Å². The van der Waals surface area contributed by atoms with E-state index in [0.717, 1.165) is 13.0 Å². The summed E-state index contributed by atoms with van der Waals surface area (Å²) >= 11 is 0. The van der Waals surface area contributed by atoms with E-state index in [9.17, 15) is 0 Å². The molecule has 0 heterocycles. The highest BCUT2D eigenvalue weighted by Crippen LogP contribution is 2.23. The quantitative estimate of drug-likeness (QED) is 0.816. The zero-order valence-electron chi connectivity index (χ0n) is 11.7. The lowest BCUT2D eigenvalue weighted by molar-refractivity contribution is 0.0828. The molecule has 1 N–H and O–H groups in total. The van der Waals surface area contributed by atoms with E-state index in [-0.39, 0.29) is 12.1 Å². The van der Waals surface area contributed by atoms with Gasteiger partial charge in [-0.1, -0.05) is 30.7 Å². The van der Waals surface area contributed by atoms with Gasteiger partial charge in [-0.3, -0.25) is 0 Å². The molecule has 1 rings (SSSR count). The zero-order chi connectivity index (χ0) is 12.8. The Morgan fingerprint density at radius 3 is 2.59 bits per heavy atom. The van der Waals surface area contributed by atoms with Crippen molar-refractivity contribution in [1.82, 2.24) is 5.32 Å². The Balaban J connectivity index is 2.98. The molecule has 0 amide bonds. The van der Waals surface area contributed by atoms with Gasteiger partial charge in [0.1, 0.15) is 0 Å². The number of benzene rings is 1. The summed E-state index contributed by atoms with van der Waals surface area (Å²) in [6.07, 6.45) is 1.32. The highest BCUT2D eigenvalue weighted by atomic mass is 16.5. The molecule has 0 aliphatic carbocycles. The number of methoxy groups -OCH3 is 1. The van der Waals surface area contributed by atoms with E-state index in [2.05, 4.69) is 51.2 Å². The van der Waals surface area contributed by atoms with Gasteiger partial charge in [0.05, 0.1) is 12.1 Å². The minimum absolute atomic E-state index is 0.182. The second-order valence-corrected chi connectivity index (χ2v) is 4.73.